The molecule has 1 aliphatic rings. The van der Waals surface area contributed by atoms with Crippen LogP contribution in [-0.4, -0.2) is 25.7 Å². The lowest BCUT2D eigenvalue weighted by molar-refractivity contribution is -0.138. The minimum absolute atomic E-state index is 0.0894. The zero-order valence-corrected chi connectivity index (χ0v) is 10.9. The Morgan fingerprint density at radius 3 is 2.65 bits per heavy atom. The Balaban J connectivity index is 2.51. The van der Waals surface area contributed by atoms with Crippen molar-refractivity contribution in [1.82, 2.24) is 5.32 Å². The maximum atomic E-state index is 13.8. The maximum Gasteiger partial charge on any atom is 0.335 e. The third-order valence-corrected chi connectivity index (χ3v) is 3.07. The fraction of sp³-hybridized carbons (Fsp3) is 0.357. The van der Waals surface area contributed by atoms with Gasteiger partial charge in [-0.15, -0.1) is 0 Å². The van der Waals surface area contributed by atoms with Crippen LogP contribution in [0.2, 0.25) is 0 Å². The highest BCUT2D eigenvalue weighted by Gasteiger charge is 2.24. The largest absolute Gasteiger partial charge is 0.463 e. The van der Waals surface area contributed by atoms with E-state index in [4.69, 9.17) is 4.74 Å². The number of ether oxygens (including phenoxy) is 1. The molecule has 0 saturated heterocycles. The summed E-state index contributed by atoms with van der Waals surface area (Å²) in [5.74, 6) is -3.85. The van der Waals surface area contributed by atoms with Gasteiger partial charge in [-0.3, -0.25) is 0 Å². The van der Waals surface area contributed by atoms with E-state index in [0.29, 0.717) is 24.6 Å². The van der Waals surface area contributed by atoms with Crippen molar-refractivity contribution in [2.45, 2.75) is 13.3 Å². The van der Waals surface area contributed by atoms with Gasteiger partial charge in [0.15, 0.2) is 11.6 Å². The summed E-state index contributed by atoms with van der Waals surface area (Å²) < 4.78 is 45.0. The lowest BCUT2D eigenvalue weighted by Crippen LogP contribution is -2.29. The molecule has 0 amide bonds. The molecule has 2 rings (SSSR count). The molecule has 0 spiro atoms. The lowest BCUT2D eigenvalue weighted by atomic mass is 9.93. The zero-order valence-electron chi connectivity index (χ0n) is 10.9. The lowest BCUT2D eigenvalue weighted by Gasteiger charge is -2.21. The van der Waals surface area contributed by atoms with Crippen molar-refractivity contribution in [2.24, 2.45) is 0 Å². The molecule has 0 aromatic heterocycles. The van der Waals surface area contributed by atoms with Crippen molar-refractivity contribution in [3.8, 4) is 0 Å². The first-order valence-corrected chi connectivity index (χ1v) is 6.29. The zero-order chi connectivity index (χ0) is 14.7. The van der Waals surface area contributed by atoms with E-state index < -0.39 is 23.4 Å². The van der Waals surface area contributed by atoms with Gasteiger partial charge in [0, 0.05) is 18.2 Å². The van der Waals surface area contributed by atoms with E-state index in [1.807, 2.05) is 0 Å². The summed E-state index contributed by atoms with van der Waals surface area (Å²) in [4.78, 5) is 11.8. The van der Waals surface area contributed by atoms with E-state index >= 15 is 0 Å². The first-order valence-electron chi connectivity index (χ1n) is 6.29. The van der Waals surface area contributed by atoms with Crippen LogP contribution in [0.4, 0.5) is 13.2 Å². The van der Waals surface area contributed by atoms with Crippen LogP contribution in [-0.2, 0) is 9.53 Å². The Morgan fingerprint density at radius 2 is 1.95 bits per heavy atom. The number of rotatable bonds is 3. The van der Waals surface area contributed by atoms with Crippen LogP contribution in [0.5, 0.6) is 0 Å². The van der Waals surface area contributed by atoms with Crippen molar-refractivity contribution in [3.05, 3.63) is 40.7 Å². The van der Waals surface area contributed by atoms with Crippen LogP contribution in [0.25, 0.3) is 5.57 Å². The van der Waals surface area contributed by atoms with E-state index in [9.17, 15) is 18.0 Å². The highest BCUT2D eigenvalue weighted by molar-refractivity contribution is 5.98. The van der Waals surface area contributed by atoms with Gasteiger partial charge in [-0.05, 0) is 31.5 Å². The van der Waals surface area contributed by atoms with E-state index in [2.05, 4.69) is 5.32 Å². The highest BCUT2D eigenvalue weighted by atomic mass is 19.2. The molecule has 1 heterocycles. The van der Waals surface area contributed by atoms with Gasteiger partial charge in [0.1, 0.15) is 5.82 Å². The Kier molecular flexibility index (Phi) is 4.44. The van der Waals surface area contributed by atoms with Gasteiger partial charge in [0.25, 0.3) is 0 Å². The number of esters is 1. The molecule has 0 radical (unpaired) electrons. The first kappa shape index (κ1) is 14.6. The molecule has 1 aliphatic heterocycles. The first-order chi connectivity index (χ1) is 9.54. The summed E-state index contributed by atoms with van der Waals surface area (Å²) in [5, 5.41) is 2.97. The number of nitrogens with one attached hydrogen (secondary N) is 1. The maximum absolute atomic E-state index is 13.8. The number of benzene rings is 1. The molecular formula is C14H14F3NO2. The van der Waals surface area contributed by atoms with E-state index in [0.717, 1.165) is 6.07 Å². The van der Waals surface area contributed by atoms with Crippen LogP contribution < -0.4 is 5.32 Å². The summed E-state index contributed by atoms with van der Waals surface area (Å²) in [7, 11) is 0. The minimum Gasteiger partial charge on any atom is -0.463 e. The summed E-state index contributed by atoms with van der Waals surface area (Å²) in [6.45, 7) is 2.59. The third-order valence-electron chi connectivity index (χ3n) is 3.07. The second kappa shape index (κ2) is 6.09. The molecule has 0 atom stereocenters. The smallest absolute Gasteiger partial charge is 0.335 e. The third kappa shape index (κ3) is 2.85. The van der Waals surface area contributed by atoms with Crippen LogP contribution >= 0.6 is 0 Å². The molecule has 0 unspecified atom stereocenters. The second-order valence-electron chi connectivity index (χ2n) is 4.35. The van der Waals surface area contributed by atoms with Crippen LogP contribution in [0.3, 0.4) is 0 Å². The molecule has 0 aliphatic carbocycles. The van der Waals surface area contributed by atoms with Crippen molar-refractivity contribution in [1.29, 1.82) is 0 Å². The van der Waals surface area contributed by atoms with Gasteiger partial charge < -0.3 is 10.1 Å². The fourth-order valence-corrected chi connectivity index (χ4v) is 2.15. The topological polar surface area (TPSA) is 38.3 Å². The molecule has 1 aromatic carbocycles. The summed E-state index contributed by atoms with van der Waals surface area (Å²) in [6, 6.07) is 1.27. The van der Waals surface area contributed by atoms with Gasteiger partial charge >= 0.3 is 5.97 Å². The summed E-state index contributed by atoms with van der Waals surface area (Å²) >= 11 is 0. The molecule has 0 saturated carbocycles. The van der Waals surface area contributed by atoms with Crippen LogP contribution in [0.1, 0.15) is 18.9 Å². The van der Waals surface area contributed by atoms with Crippen molar-refractivity contribution in [3.63, 3.8) is 0 Å². The predicted molar refractivity (Wildman–Crippen MR) is 67.4 cm³/mol. The van der Waals surface area contributed by atoms with Crippen molar-refractivity contribution >= 4 is 11.5 Å². The molecule has 1 aromatic rings. The Labute approximate surface area is 114 Å². The average molecular weight is 285 g/mol. The van der Waals surface area contributed by atoms with Crippen molar-refractivity contribution < 1.29 is 22.7 Å². The number of halogens is 3. The van der Waals surface area contributed by atoms with Gasteiger partial charge in [0.2, 0.25) is 0 Å². The molecular weight excluding hydrogens is 271 g/mol. The molecule has 108 valence electrons. The SMILES string of the molecule is CCOC(=O)C1=C(c2cc(F)c(F)cc2F)CCNC1. The Morgan fingerprint density at radius 1 is 1.25 bits per heavy atom. The Bertz CT molecular complexity index is 570. The quantitative estimate of drug-likeness (QED) is 0.684. The van der Waals surface area contributed by atoms with Gasteiger partial charge in [-0.25, -0.2) is 18.0 Å². The molecule has 20 heavy (non-hydrogen) atoms. The molecule has 0 fully saturated rings. The molecule has 1 N–H and O–H groups in total. The molecule has 0 bridgehead atoms. The fourth-order valence-electron chi connectivity index (χ4n) is 2.15. The standard InChI is InChI=1S/C14H14F3NO2/c1-2-20-14(19)10-7-18-4-3-8(10)9-5-12(16)13(17)6-11(9)15/h5-6,18H,2-4,7H2,1H3. The minimum atomic E-state index is -1.25. The summed E-state index contributed by atoms with van der Waals surface area (Å²) in [6.07, 6.45) is 0.343. The predicted octanol–water partition coefficient (Wildman–Crippen LogP) is 2.41. The monoisotopic (exact) mass is 285 g/mol. The average Bonchev–Trinajstić information content (AvgIpc) is 2.43. The van der Waals surface area contributed by atoms with Crippen LogP contribution in [0, 0.1) is 17.5 Å². The molecule has 3 nitrogen and oxygen atoms in total. The van der Waals surface area contributed by atoms with E-state index in [1.54, 1.807) is 6.92 Å². The second-order valence-corrected chi connectivity index (χ2v) is 4.35. The van der Waals surface area contributed by atoms with Gasteiger partial charge in [-0.2, -0.15) is 0 Å². The van der Waals surface area contributed by atoms with E-state index in [-0.39, 0.29) is 24.3 Å². The molecule has 6 heteroatoms. The van der Waals surface area contributed by atoms with E-state index in [1.165, 1.54) is 0 Å². The van der Waals surface area contributed by atoms with Gasteiger partial charge in [-0.1, -0.05) is 0 Å². The number of hydrogen-bond donors (Lipinski definition) is 1. The van der Waals surface area contributed by atoms with Gasteiger partial charge in [0.05, 0.1) is 12.2 Å². The van der Waals surface area contributed by atoms with Crippen LogP contribution in [0.15, 0.2) is 17.7 Å². The number of carbonyl (C=O) groups excluding carboxylic acids is 1. The Hall–Kier alpha value is -1.82. The number of carbonyl (C=O) groups is 1. The summed E-state index contributed by atoms with van der Waals surface area (Å²) in [5.41, 5.74) is 0.523. The van der Waals surface area contributed by atoms with Crippen molar-refractivity contribution in [2.75, 3.05) is 19.7 Å². The highest BCUT2D eigenvalue weighted by Crippen LogP contribution is 2.29. The number of hydrogen-bond acceptors (Lipinski definition) is 3. The normalized spacial score (nSPS) is 15.4.